The fourth-order valence-electron chi connectivity index (χ4n) is 2.39. The smallest absolute Gasteiger partial charge is 0.418 e. The third-order valence-corrected chi connectivity index (χ3v) is 3.62. The van der Waals surface area contributed by atoms with Crippen molar-refractivity contribution in [2.75, 3.05) is 7.11 Å². The molecule has 1 heterocycles. The van der Waals surface area contributed by atoms with E-state index in [0.717, 1.165) is 12.4 Å². The Morgan fingerprint density at radius 3 is 2.57 bits per heavy atom. The number of methoxy groups -OCH3 is 1. The number of alkyl halides is 3. The molecule has 0 aliphatic rings. The number of hydrogen-bond donors (Lipinski definition) is 0. The summed E-state index contributed by atoms with van der Waals surface area (Å²) in [4.78, 5) is 7.95. The maximum absolute atomic E-state index is 13.1. The van der Waals surface area contributed by atoms with Gasteiger partial charge in [0.2, 0.25) is 0 Å². The first-order valence-electron chi connectivity index (χ1n) is 6.56. The van der Waals surface area contributed by atoms with Gasteiger partial charge in [0.25, 0.3) is 0 Å². The molecule has 0 N–H and O–H groups in total. The number of benzene rings is 2. The molecule has 0 saturated heterocycles. The molecule has 3 aromatic rings. The Morgan fingerprint density at radius 2 is 1.87 bits per heavy atom. The molecule has 3 rings (SSSR count). The zero-order valence-electron chi connectivity index (χ0n) is 11.9. The maximum Gasteiger partial charge on any atom is 0.418 e. The zero-order chi connectivity index (χ0) is 16.6. The van der Waals surface area contributed by atoms with Gasteiger partial charge < -0.3 is 4.74 Å². The molecule has 0 radical (unpaired) electrons. The van der Waals surface area contributed by atoms with Gasteiger partial charge in [0, 0.05) is 16.0 Å². The van der Waals surface area contributed by atoms with Gasteiger partial charge in [-0.15, -0.1) is 0 Å². The minimum Gasteiger partial charge on any atom is -0.496 e. The second-order valence-corrected chi connectivity index (χ2v) is 5.20. The quantitative estimate of drug-likeness (QED) is 0.661. The van der Waals surface area contributed by atoms with E-state index >= 15 is 0 Å². The topological polar surface area (TPSA) is 35.0 Å². The van der Waals surface area contributed by atoms with Crippen molar-refractivity contribution in [2.24, 2.45) is 0 Å². The van der Waals surface area contributed by atoms with Gasteiger partial charge in [-0.25, -0.2) is 9.97 Å². The van der Waals surface area contributed by atoms with Crippen LogP contribution >= 0.6 is 11.6 Å². The lowest BCUT2D eigenvalue weighted by Gasteiger charge is -2.13. The van der Waals surface area contributed by atoms with Crippen molar-refractivity contribution in [1.82, 2.24) is 9.97 Å². The van der Waals surface area contributed by atoms with Gasteiger partial charge in [-0.2, -0.15) is 13.2 Å². The maximum atomic E-state index is 13.1. The molecule has 0 unspecified atom stereocenters. The summed E-state index contributed by atoms with van der Waals surface area (Å²) in [6.45, 7) is 0. The first-order valence-corrected chi connectivity index (χ1v) is 6.94. The van der Waals surface area contributed by atoms with E-state index in [1.807, 2.05) is 0 Å². The Hall–Kier alpha value is -2.34. The van der Waals surface area contributed by atoms with E-state index in [1.165, 1.54) is 13.2 Å². The van der Waals surface area contributed by atoms with Crippen LogP contribution in [0.2, 0.25) is 5.02 Å². The molecule has 2 aromatic carbocycles. The van der Waals surface area contributed by atoms with Crippen LogP contribution < -0.4 is 4.74 Å². The summed E-state index contributed by atoms with van der Waals surface area (Å²) in [5, 5.41) is 0.753. The SMILES string of the molecule is COc1cc(Cl)ccc1-c1ncnc2c(C(F)(F)F)cccc12. The minimum atomic E-state index is -4.49. The molecule has 0 bridgehead atoms. The van der Waals surface area contributed by atoms with Crippen molar-refractivity contribution in [3.63, 3.8) is 0 Å². The van der Waals surface area contributed by atoms with E-state index in [0.29, 0.717) is 27.4 Å². The van der Waals surface area contributed by atoms with Gasteiger partial charge in [0.1, 0.15) is 12.1 Å². The minimum absolute atomic E-state index is 0.151. The van der Waals surface area contributed by atoms with E-state index in [4.69, 9.17) is 16.3 Å². The second-order valence-electron chi connectivity index (χ2n) is 4.77. The first-order chi connectivity index (χ1) is 10.9. The zero-order valence-corrected chi connectivity index (χ0v) is 12.6. The van der Waals surface area contributed by atoms with Crippen molar-refractivity contribution in [3.05, 3.63) is 53.3 Å². The third kappa shape index (κ3) is 2.82. The summed E-state index contributed by atoms with van der Waals surface area (Å²) >= 11 is 5.92. The molecule has 0 saturated carbocycles. The second kappa shape index (κ2) is 5.70. The molecule has 23 heavy (non-hydrogen) atoms. The average molecular weight is 339 g/mol. The number of aromatic nitrogens is 2. The lowest BCUT2D eigenvalue weighted by molar-refractivity contribution is -0.136. The summed E-state index contributed by atoms with van der Waals surface area (Å²) in [6.07, 6.45) is -3.38. The van der Waals surface area contributed by atoms with Crippen LogP contribution in [0.3, 0.4) is 0 Å². The highest BCUT2D eigenvalue weighted by Crippen LogP contribution is 2.38. The summed E-state index contributed by atoms with van der Waals surface area (Å²) in [6, 6.07) is 8.75. The van der Waals surface area contributed by atoms with Crippen molar-refractivity contribution in [3.8, 4) is 17.0 Å². The molecule has 3 nitrogen and oxygen atoms in total. The lowest BCUT2D eigenvalue weighted by Crippen LogP contribution is -2.07. The summed E-state index contributed by atoms with van der Waals surface area (Å²) in [5.41, 5.74) is -0.0492. The van der Waals surface area contributed by atoms with E-state index in [-0.39, 0.29) is 5.52 Å². The van der Waals surface area contributed by atoms with Gasteiger partial charge in [-0.05, 0) is 24.3 Å². The van der Waals surface area contributed by atoms with Crippen LogP contribution in [0.4, 0.5) is 13.2 Å². The Balaban J connectivity index is 2.32. The molecule has 0 amide bonds. The Kier molecular flexibility index (Phi) is 3.85. The fourth-order valence-corrected chi connectivity index (χ4v) is 2.55. The van der Waals surface area contributed by atoms with Gasteiger partial charge in [0.05, 0.1) is 23.9 Å². The highest BCUT2D eigenvalue weighted by atomic mass is 35.5. The Labute approximate surface area is 134 Å². The third-order valence-electron chi connectivity index (χ3n) is 3.39. The molecule has 7 heteroatoms. The highest BCUT2D eigenvalue weighted by Gasteiger charge is 2.33. The molecule has 0 spiro atoms. The predicted octanol–water partition coefficient (Wildman–Crippen LogP) is 4.98. The van der Waals surface area contributed by atoms with E-state index in [2.05, 4.69) is 9.97 Å². The molecule has 0 aliphatic carbocycles. The molecule has 0 atom stereocenters. The number of nitrogens with zero attached hydrogens (tertiary/aromatic N) is 2. The van der Waals surface area contributed by atoms with Crippen molar-refractivity contribution < 1.29 is 17.9 Å². The van der Waals surface area contributed by atoms with Crippen LogP contribution in [0.5, 0.6) is 5.75 Å². The summed E-state index contributed by atoms with van der Waals surface area (Å²) in [7, 11) is 1.46. The lowest BCUT2D eigenvalue weighted by atomic mass is 10.0. The fraction of sp³-hybridized carbons (Fsp3) is 0.125. The van der Waals surface area contributed by atoms with Crippen LogP contribution in [0.15, 0.2) is 42.7 Å². The van der Waals surface area contributed by atoms with Crippen molar-refractivity contribution in [1.29, 1.82) is 0 Å². The van der Waals surface area contributed by atoms with Gasteiger partial charge in [0.15, 0.2) is 0 Å². The van der Waals surface area contributed by atoms with Gasteiger partial charge in [-0.3, -0.25) is 0 Å². The largest absolute Gasteiger partial charge is 0.496 e. The Bertz CT molecular complexity index is 881. The van der Waals surface area contributed by atoms with Crippen LogP contribution in [0.1, 0.15) is 5.56 Å². The number of fused-ring (bicyclic) bond motifs is 1. The van der Waals surface area contributed by atoms with Gasteiger partial charge >= 0.3 is 6.18 Å². The first kappa shape index (κ1) is 15.6. The summed E-state index contributed by atoms with van der Waals surface area (Å²) < 4.78 is 44.7. The number of halogens is 4. The standard InChI is InChI=1S/C16H10ClF3N2O/c1-23-13-7-9(17)5-6-10(13)14-11-3-2-4-12(16(18,19)20)15(11)22-8-21-14/h2-8H,1H3. The van der Waals surface area contributed by atoms with E-state index < -0.39 is 11.7 Å². The number of ether oxygens (including phenoxy) is 1. The number of para-hydroxylation sites is 1. The van der Waals surface area contributed by atoms with Gasteiger partial charge in [-0.1, -0.05) is 23.7 Å². The molecular formula is C16H10ClF3N2O. The van der Waals surface area contributed by atoms with Crippen molar-refractivity contribution in [2.45, 2.75) is 6.18 Å². The molecule has 118 valence electrons. The molecular weight excluding hydrogens is 329 g/mol. The average Bonchev–Trinajstić information content (AvgIpc) is 2.52. The molecule has 0 aliphatic heterocycles. The van der Waals surface area contributed by atoms with E-state index in [1.54, 1.807) is 24.3 Å². The van der Waals surface area contributed by atoms with Crippen LogP contribution in [0, 0.1) is 0 Å². The monoisotopic (exact) mass is 338 g/mol. The normalized spacial score (nSPS) is 11.7. The van der Waals surface area contributed by atoms with Crippen LogP contribution in [0.25, 0.3) is 22.2 Å². The van der Waals surface area contributed by atoms with Crippen LogP contribution in [-0.4, -0.2) is 17.1 Å². The molecule has 0 fully saturated rings. The number of hydrogen-bond acceptors (Lipinski definition) is 3. The van der Waals surface area contributed by atoms with Crippen LogP contribution in [-0.2, 0) is 6.18 Å². The Morgan fingerprint density at radius 1 is 1.09 bits per heavy atom. The molecule has 1 aromatic heterocycles. The van der Waals surface area contributed by atoms with E-state index in [9.17, 15) is 13.2 Å². The highest BCUT2D eigenvalue weighted by molar-refractivity contribution is 6.30. The summed E-state index contributed by atoms with van der Waals surface area (Å²) in [5.74, 6) is 0.426. The predicted molar refractivity (Wildman–Crippen MR) is 81.5 cm³/mol. The van der Waals surface area contributed by atoms with Crippen molar-refractivity contribution >= 4 is 22.5 Å². The number of rotatable bonds is 2.